The third kappa shape index (κ3) is 3.47. The normalized spacial score (nSPS) is 19.1. The summed E-state index contributed by atoms with van der Waals surface area (Å²) in [5.74, 6) is -1.96. The number of urea groups is 1. The Labute approximate surface area is 143 Å². The summed E-state index contributed by atoms with van der Waals surface area (Å²) >= 11 is 0. The summed E-state index contributed by atoms with van der Waals surface area (Å²) in [6, 6.07) is -0.552. The molecule has 0 bridgehead atoms. The molecule has 3 rings (SSSR count). The number of hydrogen-bond acceptors (Lipinski definition) is 5. The van der Waals surface area contributed by atoms with E-state index < -0.39 is 30.0 Å². The lowest BCUT2D eigenvalue weighted by Crippen LogP contribution is -2.48. The first-order valence-electron chi connectivity index (χ1n) is 8.08. The minimum absolute atomic E-state index is 0.297. The van der Waals surface area contributed by atoms with Crippen LogP contribution in [0.2, 0.25) is 0 Å². The van der Waals surface area contributed by atoms with Crippen molar-refractivity contribution < 1.29 is 24.3 Å². The number of anilines is 1. The van der Waals surface area contributed by atoms with E-state index in [9.17, 15) is 19.2 Å². The molecule has 1 saturated carbocycles. The second-order valence-electron chi connectivity index (χ2n) is 6.33. The van der Waals surface area contributed by atoms with E-state index in [0.29, 0.717) is 18.5 Å². The molecule has 1 aliphatic carbocycles. The van der Waals surface area contributed by atoms with Crippen molar-refractivity contribution in [3.05, 3.63) is 12.4 Å². The fourth-order valence-corrected chi connectivity index (χ4v) is 3.31. The Hall–Kier alpha value is -2.91. The summed E-state index contributed by atoms with van der Waals surface area (Å²) in [6.07, 6.45) is 6.63. The van der Waals surface area contributed by atoms with E-state index in [-0.39, 0.29) is 12.5 Å². The van der Waals surface area contributed by atoms with Crippen LogP contribution >= 0.6 is 0 Å². The molecule has 10 nitrogen and oxygen atoms in total. The molecule has 1 saturated heterocycles. The first kappa shape index (κ1) is 16.9. The lowest BCUT2D eigenvalue weighted by Gasteiger charge is -2.30. The highest BCUT2D eigenvalue weighted by atomic mass is 16.4. The number of aliphatic carboxylic acids is 1. The highest BCUT2D eigenvalue weighted by Gasteiger charge is 2.51. The van der Waals surface area contributed by atoms with Gasteiger partial charge in [-0.15, -0.1) is 0 Å². The minimum atomic E-state index is -1.06. The third-order valence-corrected chi connectivity index (χ3v) is 4.47. The van der Waals surface area contributed by atoms with Gasteiger partial charge in [-0.1, -0.05) is 19.3 Å². The van der Waals surface area contributed by atoms with Crippen LogP contribution in [-0.4, -0.2) is 55.7 Å². The summed E-state index contributed by atoms with van der Waals surface area (Å²) in [5, 5.41) is 17.7. The van der Waals surface area contributed by atoms with Crippen LogP contribution in [0, 0.1) is 0 Å². The van der Waals surface area contributed by atoms with Crippen molar-refractivity contribution in [1.29, 1.82) is 0 Å². The number of carboxylic acids is 1. The van der Waals surface area contributed by atoms with Crippen molar-refractivity contribution in [3.8, 4) is 0 Å². The Morgan fingerprint density at radius 1 is 1.24 bits per heavy atom. The highest BCUT2D eigenvalue weighted by Crippen LogP contribution is 2.33. The first-order valence-corrected chi connectivity index (χ1v) is 8.08. The Bertz CT molecular complexity index is 722. The van der Waals surface area contributed by atoms with Crippen LogP contribution < -0.4 is 10.6 Å². The summed E-state index contributed by atoms with van der Waals surface area (Å²) in [6.45, 7) is -0.720. The van der Waals surface area contributed by atoms with E-state index in [1.54, 1.807) is 0 Å². The summed E-state index contributed by atoms with van der Waals surface area (Å²) in [7, 11) is 0. The molecule has 1 aliphatic heterocycles. The number of aromatic nitrogens is 2. The van der Waals surface area contributed by atoms with Crippen LogP contribution in [0.3, 0.4) is 0 Å². The fourth-order valence-electron chi connectivity index (χ4n) is 3.31. The lowest BCUT2D eigenvalue weighted by molar-refractivity contribution is -0.138. The number of carbonyl (C=O) groups excluding carboxylic acids is 3. The molecule has 0 radical (unpaired) electrons. The summed E-state index contributed by atoms with van der Waals surface area (Å²) in [4.78, 5) is 48.4. The molecule has 25 heavy (non-hydrogen) atoms. The van der Waals surface area contributed by atoms with Crippen LogP contribution in [0.25, 0.3) is 0 Å². The van der Waals surface area contributed by atoms with Crippen molar-refractivity contribution in [2.45, 2.75) is 44.2 Å². The largest absolute Gasteiger partial charge is 0.480 e. The number of rotatable bonds is 5. The van der Waals surface area contributed by atoms with Crippen molar-refractivity contribution in [1.82, 2.24) is 20.0 Å². The molecule has 2 heterocycles. The van der Waals surface area contributed by atoms with Crippen molar-refractivity contribution >= 4 is 29.5 Å². The highest BCUT2D eigenvalue weighted by molar-refractivity contribution is 6.10. The zero-order valence-electron chi connectivity index (χ0n) is 13.5. The molecule has 0 aromatic carbocycles. The van der Waals surface area contributed by atoms with Gasteiger partial charge in [-0.25, -0.2) is 4.79 Å². The fraction of sp³-hybridized carbons (Fsp3) is 0.533. The van der Waals surface area contributed by atoms with Gasteiger partial charge in [0.05, 0.1) is 11.9 Å². The SMILES string of the molecule is O=C(O)Cn1cc(NC(=O)CN2C(=O)NC3(CCCCC3)C2=O)cn1. The number of hydrogen-bond donors (Lipinski definition) is 3. The number of nitrogens with one attached hydrogen (secondary N) is 2. The van der Waals surface area contributed by atoms with Gasteiger partial charge in [-0.3, -0.25) is 24.0 Å². The second kappa shape index (κ2) is 6.54. The summed E-state index contributed by atoms with van der Waals surface area (Å²) in [5.41, 5.74) is -0.562. The molecule has 1 aromatic heterocycles. The van der Waals surface area contributed by atoms with E-state index in [4.69, 9.17) is 5.11 Å². The molecule has 1 aromatic rings. The average Bonchev–Trinajstić information content (AvgIpc) is 3.06. The molecule has 3 N–H and O–H groups in total. The monoisotopic (exact) mass is 349 g/mol. The molecular weight excluding hydrogens is 330 g/mol. The number of nitrogens with zero attached hydrogens (tertiary/aromatic N) is 3. The number of amides is 4. The van der Waals surface area contributed by atoms with Crippen LogP contribution in [0.4, 0.5) is 10.5 Å². The average molecular weight is 349 g/mol. The third-order valence-electron chi connectivity index (χ3n) is 4.47. The molecule has 4 amide bonds. The maximum absolute atomic E-state index is 12.6. The lowest BCUT2D eigenvalue weighted by atomic mass is 9.82. The maximum Gasteiger partial charge on any atom is 0.325 e. The van der Waals surface area contributed by atoms with Gasteiger partial charge < -0.3 is 15.7 Å². The number of carboxylic acid groups (broad SMARTS) is 1. The molecule has 2 aliphatic rings. The Kier molecular flexibility index (Phi) is 4.43. The number of carbonyl (C=O) groups is 4. The molecule has 0 atom stereocenters. The number of imide groups is 1. The molecule has 2 fully saturated rings. The zero-order chi connectivity index (χ0) is 18.0. The van der Waals surface area contributed by atoms with E-state index in [1.807, 2.05) is 0 Å². The van der Waals surface area contributed by atoms with E-state index in [2.05, 4.69) is 15.7 Å². The van der Waals surface area contributed by atoms with Crippen molar-refractivity contribution in [3.63, 3.8) is 0 Å². The summed E-state index contributed by atoms with van der Waals surface area (Å²) < 4.78 is 1.16. The van der Waals surface area contributed by atoms with Crippen LogP contribution in [0.15, 0.2) is 12.4 Å². The van der Waals surface area contributed by atoms with Gasteiger partial charge in [0, 0.05) is 6.20 Å². The van der Waals surface area contributed by atoms with Crippen LogP contribution in [-0.2, 0) is 20.9 Å². The predicted octanol–water partition coefficient (Wildman–Crippen LogP) is 0.161. The maximum atomic E-state index is 12.6. The van der Waals surface area contributed by atoms with Crippen LogP contribution in [0.1, 0.15) is 32.1 Å². The zero-order valence-corrected chi connectivity index (χ0v) is 13.5. The second-order valence-corrected chi connectivity index (χ2v) is 6.33. The first-order chi connectivity index (χ1) is 11.9. The van der Waals surface area contributed by atoms with Gasteiger partial charge in [-0.2, -0.15) is 5.10 Å². The predicted molar refractivity (Wildman–Crippen MR) is 84.6 cm³/mol. The molecule has 1 spiro atoms. The molecule has 0 unspecified atom stereocenters. The van der Waals surface area contributed by atoms with Crippen molar-refractivity contribution in [2.24, 2.45) is 0 Å². The Morgan fingerprint density at radius 3 is 2.64 bits per heavy atom. The van der Waals surface area contributed by atoms with E-state index in [0.717, 1.165) is 28.8 Å². The molecule has 134 valence electrons. The topological polar surface area (TPSA) is 134 Å². The van der Waals surface area contributed by atoms with Crippen molar-refractivity contribution in [2.75, 3.05) is 11.9 Å². The van der Waals surface area contributed by atoms with Gasteiger partial charge in [0.1, 0.15) is 18.6 Å². The Balaban J connectivity index is 1.61. The van der Waals surface area contributed by atoms with Gasteiger partial charge in [0.2, 0.25) is 5.91 Å². The van der Waals surface area contributed by atoms with Gasteiger partial charge >= 0.3 is 12.0 Å². The smallest absolute Gasteiger partial charge is 0.325 e. The quantitative estimate of drug-likeness (QED) is 0.649. The van der Waals surface area contributed by atoms with Gasteiger partial charge in [-0.05, 0) is 12.8 Å². The van der Waals surface area contributed by atoms with Gasteiger partial charge in [0.15, 0.2) is 0 Å². The van der Waals surface area contributed by atoms with E-state index in [1.165, 1.54) is 12.4 Å². The minimum Gasteiger partial charge on any atom is -0.480 e. The molecule has 10 heteroatoms. The standard InChI is InChI=1S/C15H19N5O5/c21-11(17-10-6-16-19(7-10)9-12(22)23)8-20-13(24)15(18-14(20)25)4-2-1-3-5-15/h6-7H,1-5,8-9H2,(H,17,21)(H,18,25)(H,22,23). The van der Waals surface area contributed by atoms with Crippen LogP contribution in [0.5, 0.6) is 0 Å². The van der Waals surface area contributed by atoms with Gasteiger partial charge in [0.25, 0.3) is 5.91 Å². The Morgan fingerprint density at radius 2 is 1.96 bits per heavy atom. The molecular formula is C15H19N5O5. The van der Waals surface area contributed by atoms with E-state index >= 15 is 0 Å².